The van der Waals surface area contributed by atoms with Crippen LogP contribution in [0.4, 0.5) is 5.82 Å². The third-order valence-electron chi connectivity index (χ3n) is 3.52. The minimum absolute atomic E-state index is 0.312. The Kier molecular flexibility index (Phi) is 1.72. The molecule has 2 aliphatic rings. The van der Waals surface area contributed by atoms with E-state index in [0.717, 1.165) is 18.9 Å². The molecule has 2 fully saturated rings. The first kappa shape index (κ1) is 8.72. The highest BCUT2D eigenvalue weighted by molar-refractivity contribution is 5.44. The van der Waals surface area contributed by atoms with E-state index >= 15 is 0 Å². The van der Waals surface area contributed by atoms with E-state index in [-0.39, 0.29) is 0 Å². The van der Waals surface area contributed by atoms with Gasteiger partial charge >= 0.3 is 0 Å². The maximum absolute atomic E-state index is 7.01. The molecule has 1 aromatic heterocycles. The van der Waals surface area contributed by atoms with Crippen molar-refractivity contribution in [3.05, 3.63) is 35.3 Å². The molecule has 0 N–H and O–H groups in total. The Hall–Kier alpha value is -1.56. The molecule has 3 nitrogen and oxygen atoms in total. The fraction of sp³-hybridized carbons (Fsp3) is 0.500. The normalized spacial score (nSPS) is 32.3. The maximum atomic E-state index is 7.01. The summed E-state index contributed by atoms with van der Waals surface area (Å²) < 4.78 is 0. The van der Waals surface area contributed by atoms with E-state index in [1.54, 1.807) is 0 Å². The van der Waals surface area contributed by atoms with Gasteiger partial charge in [0.25, 0.3) is 0 Å². The van der Waals surface area contributed by atoms with Gasteiger partial charge in [-0.1, -0.05) is 6.07 Å². The van der Waals surface area contributed by atoms with Gasteiger partial charge in [-0.05, 0) is 18.6 Å². The van der Waals surface area contributed by atoms with E-state index in [2.05, 4.69) is 26.9 Å². The van der Waals surface area contributed by atoms with Crippen molar-refractivity contribution in [3.8, 4) is 0 Å². The van der Waals surface area contributed by atoms with E-state index in [0.29, 0.717) is 17.9 Å². The summed E-state index contributed by atoms with van der Waals surface area (Å²) in [7, 11) is 0. The van der Waals surface area contributed by atoms with Crippen molar-refractivity contribution >= 4 is 5.82 Å². The van der Waals surface area contributed by atoms with Gasteiger partial charge in [0, 0.05) is 19.3 Å². The van der Waals surface area contributed by atoms with Crippen LogP contribution in [0.1, 0.15) is 5.56 Å². The Balaban J connectivity index is 1.73. The molecule has 3 rings (SSSR count). The molecule has 0 aromatic carbocycles. The second-order valence-electron chi connectivity index (χ2n) is 4.55. The maximum Gasteiger partial charge on any atom is 0.233 e. The molecule has 1 unspecified atom stereocenters. The van der Waals surface area contributed by atoms with Gasteiger partial charge in [-0.2, -0.15) is 0 Å². The van der Waals surface area contributed by atoms with E-state index in [4.69, 9.17) is 6.57 Å². The van der Waals surface area contributed by atoms with Gasteiger partial charge in [0.05, 0.1) is 11.8 Å². The van der Waals surface area contributed by atoms with Gasteiger partial charge in [0.1, 0.15) is 5.82 Å². The van der Waals surface area contributed by atoms with Crippen molar-refractivity contribution in [2.45, 2.75) is 13.0 Å². The van der Waals surface area contributed by atoms with E-state index < -0.39 is 0 Å². The minimum Gasteiger partial charge on any atom is -0.355 e. The van der Waals surface area contributed by atoms with Gasteiger partial charge in [-0.3, -0.25) is 0 Å². The quantitative estimate of drug-likeness (QED) is 0.642. The van der Waals surface area contributed by atoms with E-state index in [1.807, 2.05) is 13.1 Å². The fourth-order valence-electron chi connectivity index (χ4n) is 2.52. The largest absolute Gasteiger partial charge is 0.355 e. The van der Waals surface area contributed by atoms with Gasteiger partial charge < -0.3 is 9.74 Å². The number of fused-ring (bicyclic) bond motifs is 1. The first-order valence-corrected chi connectivity index (χ1v) is 5.34. The second-order valence-corrected chi connectivity index (χ2v) is 4.55. The number of nitrogens with zero attached hydrogens (tertiary/aromatic N) is 3. The zero-order chi connectivity index (χ0) is 10.4. The van der Waals surface area contributed by atoms with Crippen LogP contribution in [0.15, 0.2) is 18.3 Å². The second kappa shape index (κ2) is 2.96. The molecule has 2 heterocycles. The smallest absolute Gasteiger partial charge is 0.233 e. The van der Waals surface area contributed by atoms with Gasteiger partial charge in [0.2, 0.25) is 6.04 Å². The molecule has 0 spiro atoms. The number of rotatable bonds is 1. The third-order valence-corrected chi connectivity index (χ3v) is 3.52. The predicted octanol–water partition coefficient (Wildman–Crippen LogP) is 1.74. The van der Waals surface area contributed by atoms with Crippen LogP contribution >= 0.6 is 0 Å². The van der Waals surface area contributed by atoms with Crippen molar-refractivity contribution in [3.63, 3.8) is 0 Å². The van der Waals surface area contributed by atoms with Crippen molar-refractivity contribution < 1.29 is 0 Å². The number of hydrogen-bond donors (Lipinski definition) is 0. The molecule has 1 aliphatic carbocycles. The molecule has 3 heteroatoms. The van der Waals surface area contributed by atoms with Gasteiger partial charge in [0.15, 0.2) is 0 Å². The third kappa shape index (κ3) is 1.29. The lowest BCUT2D eigenvalue weighted by molar-refractivity contribution is 0.781. The number of aryl methyl sites for hydroxylation is 1. The summed E-state index contributed by atoms with van der Waals surface area (Å²) in [5, 5.41) is 0. The zero-order valence-electron chi connectivity index (χ0n) is 8.72. The van der Waals surface area contributed by atoms with Crippen LogP contribution in [-0.4, -0.2) is 24.1 Å². The highest BCUT2D eigenvalue weighted by atomic mass is 15.2. The molecule has 0 bridgehead atoms. The van der Waals surface area contributed by atoms with Crippen LogP contribution in [0.3, 0.4) is 0 Å². The van der Waals surface area contributed by atoms with Crippen molar-refractivity contribution in [1.29, 1.82) is 0 Å². The summed E-state index contributed by atoms with van der Waals surface area (Å²) >= 11 is 0. The molecule has 1 aromatic rings. The van der Waals surface area contributed by atoms with Crippen LogP contribution in [0.25, 0.3) is 4.85 Å². The highest BCUT2D eigenvalue weighted by Gasteiger charge is 2.62. The number of hydrogen-bond acceptors (Lipinski definition) is 2. The topological polar surface area (TPSA) is 20.5 Å². The van der Waals surface area contributed by atoms with Crippen molar-refractivity contribution in [1.82, 2.24) is 4.98 Å². The summed E-state index contributed by atoms with van der Waals surface area (Å²) in [4.78, 5) is 10.3. The Morgan fingerprint density at radius 1 is 1.40 bits per heavy atom. The zero-order valence-corrected chi connectivity index (χ0v) is 8.72. The number of aromatic nitrogens is 1. The van der Waals surface area contributed by atoms with Crippen LogP contribution in [0.5, 0.6) is 0 Å². The molecule has 15 heavy (non-hydrogen) atoms. The highest BCUT2D eigenvalue weighted by Crippen LogP contribution is 2.48. The molecule has 1 saturated heterocycles. The average Bonchev–Trinajstić information content (AvgIpc) is 2.72. The lowest BCUT2D eigenvalue weighted by Gasteiger charge is -2.18. The van der Waals surface area contributed by atoms with Crippen LogP contribution in [-0.2, 0) is 0 Å². The first-order valence-electron chi connectivity index (χ1n) is 5.34. The molecular formula is C12H13N3. The Morgan fingerprint density at radius 2 is 2.13 bits per heavy atom. The molecule has 1 aliphatic heterocycles. The van der Waals surface area contributed by atoms with Gasteiger partial charge in [-0.15, -0.1) is 0 Å². The Bertz CT molecular complexity index is 405. The first-order chi connectivity index (χ1) is 7.29. The Morgan fingerprint density at radius 3 is 2.67 bits per heavy atom. The monoisotopic (exact) mass is 199 g/mol. The van der Waals surface area contributed by atoms with E-state index in [1.165, 1.54) is 5.56 Å². The van der Waals surface area contributed by atoms with Gasteiger partial charge in [-0.25, -0.2) is 11.6 Å². The summed E-state index contributed by atoms with van der Waals surface area (Å²) in [6.07, 6.45) is 1.91. The molecule has 1 saturated carbocycles. The predicted molar refractivity (Wildman–Crippen MR) is 58.6 cm³/mol. The molecular weight excluding hydrogens is 186 g/mol. The summed E-state index contributed by atoms with van der Waals surface area (Å²) in [5.74, 6) is 2.30. The SMILES string of the molecule is [C-]#[N+]C1[C@H]2CN(c3ccc(C)cn3)C[C@@H]12. The average molecular weight is 199 g/mol. The number of piperidine rings is 1. The van der Waals surface area contributed by atoms with Crippen LogP contribution in [0.2, 0.25) is 0 Å². The fourth-order valence-corrected chi connectivity index (χ4v) is 2.52. The van der Waals surface area contributed by atoms with Crippen LogP contribution in [0, 0.1) is 25.3 Å². The molecule has 0 amide bonds. The molecule has 3 atom stereocenters. The Labute approximate surface area is 89.6 Å². The van der Waals surface area contributed by atoms with Crippen LogP contribution < -0.4 is 4.90 Å². The lowest BCUT2D eigenvalue weighted by Crippen LogP contribution is -2.25. The minimum atomic E-state index is 0.312. The molecule has 76 valence electrons. The molecule has 0 radical (unpaired) electrons. The lowest BCUT2D eigenvalue weighted by atomic mass is 10.3. The number of pyridine rings is 1. The van der Waals surface area contributed by atoms with Crippen molar-refractivity contribution in [2.75, 3.05) is 18.0 Å². The van der Waals surface area contributed by atoms with Crippen molar-refractivity contribution in [2.24, 2.45) is 11.8 Å². The summed E-state index contributed by atoms with van der Waals surface area (Å²) in [6, 6.07) is 4.48. The van der Waals surface area contributed by atoms with E-state index in [9.17, 15) is 0 Å². The summed E-state index contributed by atoms with van der Waals surface area (Å²) in [6.45, 7) is 11.1. The summed E-state index contributed by atoms with van der Waals surface area (Å²) in [5.41, 5.74) is 1.20. The standard InChI is InChI=1S/C12H13N3/c1-8-3-4-11(14-5-8)15-6-9-10(7-15)12(9)13-2/h3-5,9-10,12H,6-7H2,1H3/t9-,10+,12?. The number of anilines is 1.